The van der Waals surface area contributed by atoms with Gasteiger partial charge in [0.05, 0.1) is 10.7 Å². The van der Waals surface area contributed by atoms with Crippen LogP contribution in [0.25, 0.3) is 0 Å². The Kier molecular flexibility index (Phi) is 9.14. The van der Waals surface area contributed by atoms with Crippen molar-refractivity contribution in [3.05, 3.63) is 28.8 Å². The van der Waals surface area contributed by atoms with E-state index in [1.165, 1.54) is 0 Å². The molecule has 0 aliphatic carbocycles. The minimum atomic E-state index is -0.893. The Hall–Kier alpha value is -2.61. The van der Waals surface area contributed by atoms with E-state index in [2.05, 4.69) is 10.6 Å². The third-order valence-electron chi connectivity index (χ3n) is 3.72. The molecule has 142 valence electrons. The van der Waals surface area contributed by atoms with Crippen LogP contribution in [0.2, 0.25) is 5.02 Å². The highest BCUT2D eigenvalue weighted by Crippen LogP contribution is 2.27. The first-order valence-electron chi connectivity index (χ1n) is 8.19. The van der Waals surface area contributed by atoms with Crippen molar-refractivity contribution in [1.29, 1.82) is 0 Å². The number of rotatable bonds is 12. The van der Waals surface area contributed by atoms with E-state index < -0.39 is 17.9 Å². The number of benzene rings is 1. The second kappa shape index (κ2) is 11.1. The second-order valence-electron chi connectivity index (χ2n) is 5.78. The summed E-state index contributed by atoms with van der Waals surface area (Å²) in [5.41, 5.74) is 11.4. The van der Waals surface area contributed by atoms with Gasteiger partial charge in [0.15, 0.2) is 0 Å². The van der Waals surface area contributed by atoms with Gasteiger partial charge in [0.1, 0.15) is 6.04 Å². The number of primary amides is 2. The number of anilines is 1. The maximum atomic E-state index is 12.3. The van der Waals surface area contributed by atoms with Gasteiger partial charge in [-0.15, -0.1) is 0 Å². The molecule has 1 aromatic carbocycles. The molecule has 0 saturated heterocycles. The normalized spacial score (nSPS) is 11.4. The number of unbranched alkanes of at least 4 members (excludes halogenated alkanes) is 1. The second-order valence-corrected chi connectivity index (χ2v) is 6.16. The molecule has 0 radical (unpaired) electrons. The van der Waals surface area contributed by atoms with E-state index in [0.29, 0.717) is 36.4 Å². The smallest absolute Gasteiger partial charge is 0.246 e. The van der Waals surface area contributed by atoms with E-state index in [9.17, 15) is 19.2 Å². The predicted molar refractivity (Wildman–Crippen MR) is 98.2 cm³/mol. The molecular weight excluding hydrogens is 360 g/mol. The third kappa shape index (κ3) is 7.52. The zero-order valence-electron chi connectivity index (χ0n) is 14.3. The van der Waals surface area contributed by atoms with Crippen LogP contribution in [-0.4, -0.2) is 30.2 Å². The van der Waals surface area contributed by atoms with Gasteiger partial charge in [0.25, 0.3) is 0 Å². The van der Waals surface area contributed by atoms with E-state index >= 15 is 0 Å². The fourth-order valence-corrected chi connectivity index (χ4v) is 2.63. The molecule has 26 heavy (non-hydrogen) atoms. The summed E-state index contributed by atoms with van der Waals surface area (Å²) >= 11 is 6.33. The zero-order valence-corrected chi connectivity index (χ0v) is 15.1. The van der Waals surface area contributed by atoms with Crippen LogP contribution in [0.3, 0.4) is 0 Å². The van der Waals surface area contributed by atoms with Crippen molar-refractivity contribution >= 4 is 41.4 Å². The molecule has 1 atom stereocenters. The molecule has 0 heterocycles. The Morgan fingerprint density at radius 2 is 1.81 bits per heavy atom. The molecule has 0 aliphatic rings. The lowest BCUT2D eigenvalue weighted by molar-refractivity contribution is -0.122. The number of nitrogens with two attached hydrogens (primary N) is 2. The van der Waals surface area contributed by atoms with Gasteiger partial charge in [0, 0.05) is 12.8 Å². The molecule has 1 rings (SSSR count). The predicted octanol–water partition coefficient (Wildman–Crippen LogP) is 0.857. The molecule has 0 spiro atoms. The van der Waals surface area contributed by atoms with Crippen LogP contribution in [0.1, 0.15) is 37.7 Å². The van der Waals surface area contributed by atoms with Crippen molar-refractivity contribution in [3.8, 4) is 0 Å². The summed E-state index contributed by atoms with van der Waals surface area (Å²) in [7, 11) is 0. The van der Waals surface area contributed by atoms with E-state index in [-0.39, 0.29) is 18.7 Å². The molecule has 0 fully saturated rings. The molecule has 8 nitrogen and oxygen atoms in total. The van der Waals surface area contributed by atoms with Crippen LogP contribution < -0.4 is 22.1 Å². The number of carbonyl (C=O) groups is 4. The Morgan fingerprint density at radius 3 is 2.42 bits per heavy atom. The fraction of sp³-hybridized carbons (Fsp3) is 0.412. The number of hydrogen-bond donors (Lipinski definition) is 4. The average Bonchev–Trinajstić information content (AvgIpc) is 2.57. The van der Waals surface area contributed by atoms with Crippen LogP contribution in [-0.2, 0) is 25.6 Å². The van der Waals surface area contributed by atoms with Gasteiger partial charge in [-0.1, -0.05) is 23.7 Å². The Labute approximate surface area is 156 Å². The molecule has 4 amide bonds. The number of halogens is 1. The number of aryl methyl sites for hydroxylation is 1. The molecule has 1 aromatic rings. The van der Waals surface area contributed by atoms with Crippen molar-refractivity contribution in [3.63, 3.8) is 0 Å². The lowest BCUT2D eigenvalue weighted by atomic mass is 10.1. The van der Waals surface area contributed by atoms with E-state index in [1.54, 1.807) is 12.1 Å². The minimum absolute atomic E-state index is 0.0352. The van der Waals surface area contributed by atoms with Gasteiger partial charge in [-0.05, 0) is 37.3 Å². The highest BCUT2D eigenvalue weighted by molar-refractivity contribution is 6.34. The summed E-state index contributed by atoms with van der Waals surface area (Å²) in [6.45, 7) is 0. The number of nitrogens with one attached hydrogen (secondary N) is 2. The quantitative estimate of drug-likeness (QED) is 0.313. The summed E-state index contributed by atoms with van der Waals surface area (Å²) < 4.78 is 0. The number of amides is 4. The zero-order chi connectivity index (χ0) is 19.5. The van der Waals surface area contributed by atoms with Gasteiger partial charge >= 0.3 is 0 Å². The molecule has 0 saturated carbocycles. The summed E-state index contributed by atoms with van der Waals surface area (Å²) in [6, 6.07) is 4.32. The van der Waals surface area contributed by atoms with Crippen molar-refractivity contribution in [2.75, 3.05) is 5.32 Å². The number of carbonyl (C=O) groups excluding carboxylic acids is 4. The standard InChI is InChI=1S/C17H23ClN4O4/c18-16-11(4-1-2-7-14(19)24)5-3-6-12(16)22-17(26)13(21-10-23)8-9-15(20)25/h3,5-6,10,13H,1-2,4,7-9H2,(H2,19,24)(H2,20,25)(H,21,23)(H,22,26). The third-order valence-corrected chi connectivity index (χ3v) is 4.17. The van der Waals surface area contributed by atoms with Crippen LogP contribution in [0.4, 0.5) is 5.69 Å². The van der Waals surface area contributed by atoms with Gasteiger partial charge in [0.2, 0.25) is 24.1 Å². The largest absolute Gasteiger partial charge is 0.370 e. The molecular formula is C17H23ClN4O4. The first-order valence-corrected chi connectivity index (χ1v) is 8.57. The maximum absolute atomic E-state index is 12.3. The Morgan fingerprint density at radius 1 is 1.12 bits per heavy atom. The molecule has 0 aliphatic heterocycles. The SMILES string of the molecule is NC(=O)CCCCc1cccc(NC(=O)C(CCC(N)=O)NC=O)c1Cl. The Bertz CT molecular complexity index is 666. The van der Waals surface area contributed by atoms with E-state index in [0.717, 1.165) is 12.0 Å². The molecule has 0 aromatic heterocycles. The lowest BCUT2D eigenvalue weighted by Crippen LogP contribution is -2.40. The first-order chi connectivity index (χ1) is 12.3. The lowest BCUT2D eigenvalue weighted by Gasteiger charge is -2.17. The van der Waals surface area contributed by atoms with Crippen molar-refractivity contribution in [1.82, 2.24) is 5.32 Å². The molecule has 1 unspecified atom stereocenters. The monoisotopic (exact) mass is 382 g/mol. The summed E-state index contributed by atoms with van der Waals surface area (Å²) in [5, 5.41) is 5.40. The Balaban J connectivity index is 2.73. The van der Waals surface area contributed by atoms with Crippen molar-refractivity contribution in [2.45, 2.75) is 44.6 Å². The molecule has 6 N–H and O–H groups in total. The van der Waals surface area contributed by atoms with E-state index in [1.807, 2.05) is 6.07 Å². The van der Waals surface area contributed by atoms with Gasteiger partial charge < -0.3 is 22.1 Å². The summed E-state index contributed by atoms with van der Waals surface area (Å²) in [4.78, 5) is 44.6. The van der Waals surface area contributed by atoms with Crippen LogP contribution in [0, 0.1) is 0 Å². The van der Waals surface area contributed by atoms with Crippen LogP contribution in [0.5, 0.6) is 0 Å². The minimum Gasteiger partial charge on any atom is -0.370 e. The van der Waals surface area contributed by atoms with Crippen LogP contribution in [0.15, 0.2) is 18.2 Å². The maximum Gasteiger partial charge on any atom is 0.246 e. The van der Waals surface area contributed by atoms with Crippen LogP contribution >= 0.6 is 11.6 Å². The average molecular weight is 383 g/mol. The van der Waals surface area contributed by atoms with Crippen molar-refractivity contribution in [2.24, 2.45) is 11.5 Å². The van der Waals surface area contributed by atoms with Gasteiger partial charge in [-0.2, -0.15) is 0 Å². The fourth-order valence-electron chi connectivity index (χ4n) is 2.36. The highest BCUT2D eigenvalue weighted by atomic mass is 35.5. The topological polar surface area (TPSA) is 144 Å². The molecule has 0 bridgehead atoms. The van der Waals surface area contributed by atoms with Crippen molar-refractivity contribution < 1.29 is 19.2 Å². The van der Waals surface area contributed by atoms with E-state index in [4.69, 9.17) is 23.1 Å². The summed E-state index contributed by atoms with van der Waals surface area (Å²) in [5.74, 6) is -1.40. The van der Waals surface area contributed by atoms with Gasteiger partial charge in [-0.3, -0.25) is 19.2 Å². The first kappa shape index (κ1) is 21.4. The summed E-state index contributed by atoms with van der Waals surface area (Å²) in [6.07, 6.45) is 2.77. The molecule has 9 heteroatoms. The highest BCUT2D eigenvalue weighted by Gasteiger charge is 2.19. The number of hydrogen-bond acceptors (Lipinski definition) is 4. The van der Waals surface area contributed by atoms with Gasteiger partial charge in [-0.25, -0.2) is 0 Å².